The molecule has 1 N–H and O–H groups in total. The Balaban J connectivity index is 2.20. The third kappa shape index (κ3) is 3.76. The largest absolute Gasteiger partial charge is 0.318 e. The van der Waals surface area contributed by atoms with Crippen molar-refractivity contribution in [2.45, 2.75) is 38.3 Å². The lowest BCUT2D eigenvalue weighted by Crippen LogP contribution is -2.58. The Morgan fingerprint density at radius 3 is 2.52 bits per heavy atom. The van der Waals surface area contributed by atoms with Gasteiger partial charge in [0.15, 0.2) is 9.84 Å². The fraction of sp³-hybridized carbons (Fsp3) is 1.00. The van der Waals surface area contributed by atoms with Crippen LogP contribution in [0.4, 0.5) is 0 Å². The molecule has 0 aromatic carbocycles. The molecule has 2 heterocycles. The minimum atomic E-state index is -3.59. The van der Waals surface area contributed by atoms with Gasteiger partial charge in [0, 0.05) is 31.7 Å². The number of hydrogen-bond donors (Lipinski definition) is 1. The van der Waals surface area contributed by atoms with Crippen LogP contribution in [0.5, 0.6) is 0 Å². The number of rotatable bonds is 4. The van der Waals surface area contributed by atoms with Crippen LogP contribution in [0.3, 0.4) is 0 Å². The Labute approximate surface area is 127 Å². The zero-order chi connectivity index (χ0) is 15.7. The van der Waals surface area contributed by atoms with Crippen molar-refractivity contribution in [3.8, 4) is 0 Å². The SMILES string of the molecule is CNCC1CCCCN1S(=O)(=O)N1CCS(=O)(=O)CC1C. The summed E-state index contributed by atoms with van der Waals surface area (Å²) >= 11 is 0. The monoisotopic (exact) mass is 339 g/mol. The van der Waals surface area contributed by atoms with E-state index in [-0.39, 0.29) is 24.1 Å². The molecule has 2 aliphatic rings. The van der Waals surface area contributed by atoms with Gasteiger partial charge < -0.3 is 5.32 Å². The molecule has 124 valence electrons. The quantitative estimate of drug-likeness (QED) is 0.741. The van der Waals surface area contributed by atoms with Crippen molar-refractivity contribution in [2.24, 2.45) is 0 Å². The highest BCUT2D eigenvalue weighted by Gasteiger charge is 2.41. The van der Waals surface area contributed by atoms with Gasteiger partial charge in [-0.15, -0.1) is 0 Å². The summed E-state index contributed by atoms with van der Waals surface area (Å²) in [6.45, 7) is 2.88. The van der Waals surface area contributed by atoms with E-state index in [0.29, 0.717) is 13.1 Å². The van der Waals surface area contributed by atoms with E-state index in [1.54, 1.807) is 11.2 Å². The van der Waals surface area contributed by atoms with Crippen molar-refractivity contribution in [1.29, 1.82) is 0 Å². The minimum Gasteiger partial charge on any atom is -0.318 e. The van der Waals surface area contributed by atoms with Crippen LogP contribution in [-0.2, 0) is 20.0 Å². The summed E-state index contributed by atoms with van der Waals surface area (Å²) in [7, 11) is -4.90. The Kier molecular flexibility index (Phi) is 5.30. The van der Waals surface area contributed by atoms with E-state index in [1.165, 1.54) is 4.31 Å². The standard InChI is InChI=1S/C12H25N3O4S2/c1-11-10-20(16,17)8-7-14(11)21(18,19)15-6-4-3-5-12(15)9-13-2/h11-13H,3-10H2,1-2H3. The van der Waals surface area contributed by atoms with Gasteiger partial charge in [-0.05, 0) is 26.8 Å². The molecule has 0 aromatic rings. The van der Waals surface area contributed by atoms with Gasteiger partial charge >= 0.3 is 0 Å². The summed E-state index contributed by atoms with van der Waals surface area (Å²) in [5.74, 6) is -0.169. The summed E-state index contributed by atoms with van der Waals surface area (Å²) in [6, 6.07) is -0.537. The molecule has 0 amide bonds. The Hall–Kier alpha value is -0.220. The molecular weight excluding hydrogens is 314 g/mol. The Morgan fingerprint density at radius 1 is 1.19 bits per heavy atom. The average molecular weight is 339 g/mol. The Morgan fingerprint density at radius 2 is 1.90 bits per heavy atom. The molecule has 0 aliphatic carbocycles. The van der Waals surface area contributed by atoms with Crippen LogP contribution in [0.1, 0.15) is 26.2 Å². The first-order valence-electron chi connectivity index (χ1n) is 7.41. The van der Waals surface area contributed by atoms with Crippen LogP contribution < -0.4 is 5.32 Å². The second-order valence-electron chi connectivity index (χ2n) is 5.90. The second kappa shape index (κ2) is 6.49. The predicted octanol–water partition coefficient (Wildman–Crippen LogP) is -0.576. The highest BCUT2D eigenvalue weighted by atomic mass is 32.2. The Bertz CT molecular complexity index is 559. The molecule has 2 unspecified atom stereocenters. The zero-order valence-corrected chi connectivity index (χ0v) is 14.3. The van der Waals surface area contributed by atoms with E-state index in [4.69, 9.17) is 0 Å². The summed E-state index contributed by atoms with van der Waals surface area (Å²) in [5, 5.41) is 3.05. The average Bonchev–Trinajstić information content (AvgIpc) is 2.38. The van der Waals surface area contributed by atoms with E-state index in [9.17, 15) is 16.8 Å². The van der Waals surface area contributed by atoms with Crippen LogP contribution in [0.2, 0.25) is 0 Å². The van der Waals surface area contributed by atoms with E-state index >= 15 is 0 Å². The molecule has 0 spiro atoms. The smallest absolute Gasteiger partial charge is 0.282 e. The third-order valence-electron chi connectivity index (χ3n) is 4.22. The van der Waals surface area contributed by atoms with Gasteiger partial charge in [0.05, 0.1) is 11.5 Å². The molecule has 21 heavy (non-hydrogen) atoms. The van der Waals surface area contributed by atoms with Gasteiger partial charge in [-0.1, -0.05) is 6.42 Å². The number of hydrogen-bond acceptors (Lipinski definition) is 5. The van der Waals surface area contributed by atoms with Crippen LogP contribution in [0.25, 0.3) is 0 Å². The first-order valence-corrected chi connectivity index (χ1v) is 10.6. The summed E-state index contributed by atoms with van der Waals surface area (Å²) in [6.07, 6.45) is 2.74. The molecule has 0 bridgehead atoms. The topological polar surface area (TPSA) is 86.8 Å². The van der Waals surface area contributed by atoms with Crippen LogP contribution in [0.15, 0.2) is 0 Å². The van der Waals surface area contributed by atoms with Gasteiger partial charge in [-0.3, -0.25) is 0 Å². The van der Waals surface area contributed by atoms with Crippen LogP contribution in [0, 0.1) is 0 Å². The molecule has 2 fully saturated rings. The number of piperidine rings is 1. The second-order valence-corrected chi connectivity index (χ2v) is 9.96. The first kappa shape index (κ1) is 17.1. The lowest BCUT2D eigenvalue weighted by Gasteiger charge is -2.41. The fourth-order valence-electron chi connectivity index (χ4n) is 3.18. The number of sulfone groups is 1. The van der Waals surface area contributed by atoms with Crippen LogP contribution in [-0.4, -0.2) is 75.7 Å². The highest BCUT2D eigenvalue weighted by molar-refractivity contribution is 7.91. The highest BCUT2D eigenvalue weighted by Crippen LogP contribution is 2.25. The third-order valence-corrected chi connectivity index (χ3v) is 8.22. The van der Waals surface area contributed by atoms with E-state index in [2.05, 4.69) is 5.32 Å². The van der Waals surface area contributed by atoms with Gasteiger partial charge in [-0.2, -0.15) is 17.0 Å². The van der Waals surface area contributed by atoms with Crippen molar-refractivity contribution < 1.29 is 16.8 Å². The maximum Gasteiger partial charge on any atom is 0.282 e. The number of nitrogens with one attached hydrogen (secondary N) is 1. The minimum absolute atomic E-state index is 0.0421. The number of likely N-dealkylation sites (N-methyl/N-ethyl adjacent to an activating group) is 1. The molecule has 9 heteroatoms. The van der Waals surface area contributed by atoms with E-state index < -0.39 is 26.1 Å². The molecule has 2 aliphatic heterocycles. The summed E-state index contributed by atoms with van der Waals surface area (Å²) in [4.78, 5) is 0. The molecule has 0 radical (unpaired) electrons. The first-order chi connectivity index (χ1) is 9.78. The summed E-state index contributed by atoms with van der Waals surface area (Å²) in [5.41, 5.74) is 0. The van der Waals surface area contributed by atoms with Crippen LogP contribution >= 0.6 is 0 Å². The van der Waals surface area contributed by atoms with Gasteiger partial charge in [0.2, 0.25) is 0 Å². The molecule has 7 nitrogen and oxygen atoms in total. The molecule has 0 aromatic heterocycles. The predicted molar refractivity (Wildman–Crippen MR) is 82.0 cm³/mol. The zero-order valence-electron chi connectivity index (χ0n) is 12.7. The maximum absolute atomic E-state index is 12.9. The van der Waals surface area contributed by atoms with Crippen molar-refractivity contribution >= 4 is 20.0 Å². The van der Waals surface area contributed by atoms with Gasteiger partial charge in [-0.25, -0.2) is 8.42 Å². The van der Waals surface area contributed by atoms with Crippen molar-refractivity contribution in [3.05, 3.63) is 0 Å². The number of nitrogens with zero attached hydrogens (tertiary/aromatic N) is 2. The van der Waals surface area contributed by atoms with E-state index in [1.807, 2.05) is 7.05 Å². The van der Waals surface area contributed by atoms with E-state index in [0.717, 1.165) is 19.3 Å². The lowest BCUT2D eigenvalue weighted by atomic mass is 10.1. The van der Waals surface area contributed by atoms with Crippen molar-refractivity contribution in [1.82, 2.24) is 13.9 Å². The molecular formula is C12H25N3O4S2. The molecule has 2 rings (SSSR count). The fourth-order valence-corrected chi connectivity index (χ4v) is 6.98. The molecule has 0 saturated carbocycles. The van der Waals surface area contributed by atoms with Gasteiger partial charge in [0.1, 0.15) is 0 Å². The molecule has 2 saturated heterocycles. The summed E-state index contributed by atoms with van der Waals surface area (Å²) < 4.78 is 51.9. The van der Waals surface area contributed by atoms with Crippen molar-refractivity contribution in [3.63, 3.8) is 0 Å². The maximum atomic E-state index is 12.9. The molecule has 2 atom stereocenters. The normalized spacial score (nSPS) is 32.1. The van der Waals surface area contributed by atoms with Crippen molar-refractivity contribution in [2.75, 3.05) is 38.2 Å². The lowest BCUT2D eigenvalue weighted by molar-refractivity contribution is 0.221. The van der Waals surface area contributed by atoms with Gasteiger partial charge in [0.25, 0.3) is 10.2 Å².